The van der Waals surface area contributed by atoms with Crippen LogP contribution in [0.3, 0.4) is 0 Å². The van der Waals surface area contributed by atoms with E-state index < -0.39 is 0 Å². The molecule has 3 nitrogen and oxygen atoms in total. The van der Waals surface area contributed by atoms with Crippen LogP contribution in [0.2, 0.25) is 0 Å². The fourth-order valence-electron chi connectivity index (χ4n) is 1.94. The highest BCUT2D eigenvalue weighted by molar-refractivity contribution is 5.74. The van der Waals surface area contributed by atoms with E-state index in [-0.39, 0.29) is 6.03 Å². The maximum Gasteiger partial charge on any atom is 0.317 e. The molecular formula is C15H30N2O. The second-order valence-electron chi connectivity index (χ2n) is 5.07. The first-order chi connectivity index (χ1) is 8.54. The summed E-state index contributed by atoms with van der Waals surface area (Å²) in [7, 11) is 0. The summed E-state index contributed by atoms with van der Waals surface area (Å²) in [6.45, 7) is 14.4. The Hall–Kier alpha value is -0.990. The minimum Gasteiger partial charge on any atom is -0.338 e. The van der Waals surface area contributed by atoms with Gasteiger partial charge in [-0.15, -0.1) is 0 Å². The van der Waals surface area contributed by atoms with Gasteiger partial charge in [-0.1, -0.05) is 45.3 Å². The van der Waals surface area contributed by atoms with E-state index in [1.165, 1.54) is 19.3 Å². The Labute approximate surface area is 113 Å². The zero-order chi connectivity index (χ0) is 14.0. The molecule has 2 amide bonds. The number of nitrogens with one attached hydrogen (secondary N) is 1. The quantitative estimate of drug-likeness (QED) is 0.623. The summed E-state index contributed by atoms with van der Waals surface area (Å²) >= 11 is 0. The first-order valence-corrected chi connectivity index (χ1v) is 7.22. The molecule has 0 aliphatic carbocycles. The van der Waals surface area contributed by atoms with Crippen LogP contribution in [0.1, 0.15) is 53.4 Å². The first kappa shape index (κ1) is 17.0. The van der Waals surface area contributed by atoms with E-state index >= 15 is 0 Å². The van der Waals surface area contributed by atoms with E-state index in [1.807, 2.05) is 13.8 Å². The Balaban J connectivity index is 4.07. The number of hydrogen-bond donors (Lipinski definition) is 1. The molecule has 0 radical (unpaired) electrons. The molecule has 1 unspecified atom stereocenters. The third kappa shape index (κ3) is 7.36. The monoisotopic (exact) mass is 254 g/mol. The van der Waals surface area contributed by atoms with Crippen molar-refractivity contribution in [2.24, 2.45) is 5.92 Å². The fourth-order valence-corrected chi connectivity index (χ4v) is 1.94. The number of carbonyl (C=O) groups is 1. The number of nitrogens with zero attached hydrogens (tertiary/aromatic N) is 1. The molecule has 1 N–H and O–H groups in total. The number of rotatable bonds is 9. The lowest BCUT2D eigenvalue weighted by Crippen LogP contribution is -2.42. The van der Waals surface area contributed by atoms with Crippen molar-refractivity contribution in [1.82, 2.24) is 10.2 Å². The SMILES string of the molecule is C=C(C)CN(CC)C(=O)NCC(CC)CCCC. The van der Waals surface area contributed by atoms with Crippen LogP contribution in [0.15, 0.2) is 12.2 Å². The van der Waals surface area contributed by atoms with Crippen molar-refractivity contribution in [2.75, 3.05) is 19.6 Å². The minimum atomic E-state index is 0.0375. The van der Waals surface area contributed by atoms with Crippen molar-refractivity contribution in [3.63, 3.8) is 0 Å². The summed E-state index contributed by atoms with van der Waals surface area (Å²) < 4.78 is 0. The van der Waals surface area contributed by atoms with Crippen LogP contribution in [0.4, 0.5) is 4.79 Å². The second-order valence-corrected chi connectivity index (χ2v) is 5.07. The molecule has 0 fully saturated rings. The molecule has 0 bridgehead atoms. The van der Waals surface area contributed by atoms with Gasteiger partial charge in [0, 0.05) is 19.6 Å². The van der Waals surface area contributed by atoms with Gasteiger partial charge in [-0.25, -0.2) is 4.79 Å². The number of urea groups is 1. The van der Waals surface area contributed by atoms with E-state index in [2.05, 4.69) is 25.7 Å². The largest absolute Gasteiger partial charge is 0.338 e. The molecule has 0 aromatic rings. The molecule has 0 aromatic carbocycles. The van der Waals surface area contributed by atoms with Crippen molar-refractivity contribution in [1.29, 1.82) is 0 Å². The van der Waals surface area contributed by atoms with E-state index in [0.717, 1.165) is 25.1 Å². The molecule has 0 rings (SSSR count). The Morgan fingerprint density at radius 2 is 2.00 bits per heavy atom. The average molecular weight is 254 g/mol. The van der Waals surface area contributed by atoms with E-state index in [4.69, 9.17) is 0 Å². The zero-order valence-corrected chi connectivity index (χ0v) is 12.6. The molecule has 0 heterocycles. The molecular weight excluding hydrogens is 224 g/mol. The highest BCUT2D eigenvalue weighted by Gasteiger charge is 2.13. The van der Waals surface area contributed by atoms with Gasteiger partial charge in [0.05, 0.1) is 0 Å². The smallest absolute Gasteiger partial charge is 0.317 e. The van der Waals surface area contributed by atoms with Gasteiger partial charge < -0.3 is 10.2 Å². The third-order valence-corrected chi connectivity index (χ3v) is 3.21. The molecule has 3 heteroatoms. The lowest BCUT2D eigenvalue weighted by Gasteiger charge is -2.23. The van der Waals surface area contributed by atoms with Crippen LogP contribution >= 0.6 is 0 Å². The molecule has 1 atom stereocenters. The maximum atomic E-state index is 12.0. The number of carbonyl (C=O) groups excluding carboxylic acids is 1. The van der Waals surface area contributed by atoms with Gasteiger partial charge in [-0.3, -0.25) is 0 Å². The van der Waals surface area contributed by atoms with Crippen LogP contribution in [0.25, 0.3) is 0 Å². The Morgan fingerprint density at radius 1 is 1.33 bits per heavy atom. The van der Waals surface area contributed by atoms with Crippen molar-refractivity contribution in [3.8, 4) is 0 Å². The van der Waals surface area contributed by atoms with Gasteiger partial charge in [-0.05, 0) is 26.2 Å². The maximum absolute atomic E-state index is 12.0. The average Bonchev–Trinajstić information content (AvgIpc) is 2.35. The minimum absolute atomic E-state index is 0.0375. The van der Waals surface area contributed by atoms with Crippen LogP contribution in [-0.2, 0) is 0 Å². The van der Waals surface area contributed by atoms with Gasteiger partial charge in [-0.2, -0.15) is 0 Å². The predicted octanol–water partition coefficient (Wildman–Crippen LogP) is 3.81. The molecule has 0 saturated heterocycles. The molecule has 0 aromatic heterocycles. The highest BCUT2D eigenvalue weighted by Crippen LogP contribution is 2.11. The number of hydrogen-bond acceptors (Lipinski definition) is 1. The molecule has 0 aliphatic heterocycles. The second kappa shape index (κ2) is 9.98. The predicted molar refractivity (Wildman–Crippen MR) is 78.8 cm³/mol. The van der Waals surface area contributed by atoms with Crippen LogP contribution in [0, 0.1) is 5.92 Å². The first-order valence-electron chi connectivity index (χ1n) is 7.22. The summed E-state index contributed by atoms with van der Waals surface area (Å²) in [6, 6.07) is 0.0375. The zero-order valence-electron chi connectivity index (χ0n) is 12.6. The molecule has 0 aliphatic rings. The van der Waals surface area contributed by atoms with Crippen molar-refractivity contribution >= 4 is 6.03 Å². The Morgan fingerprint density at radius 3 is 2.44 bits per heavy atom. The molecule has 0 saturated carbocycles. The van der Waals surface area contributed by atoms with Gasteiger partial charge in [0.1, 0.15) is 0 Å². The highest BCUT2D eigenvalue weighted by atomic mass is 16.2. The molecule has 106 valence electrons. The van der Waals surface area contributed by atoms with Crippen LogP contribution < -0.4 is 5.32 Å². The van der Waals surface area contributed by atoms with E-state index in [0.29, 0.717) is 12.5 Å². The lowest BCUT2D eigenvalue weighted by molar-refractivity contribution is 0.202. The Kier molecular flexibility index (Phi) is 9.43. The van der Waals surface area contributed by atoms with E-state index in [1.54, 1.807) is 4.90 Å². The number of unbranched alkanes of at least 4 members (excludes halogenated alkanes) is 1. The summed E-state index contributed by atoms with van der Waals surface area (Å²) in [6.07, 6.45) is 4.81. The summed E-state index contributed by atoms with van der Waals surface area (Å²) in [5.41, 5.74) is 1.02. The van der Waals surface area contributed by atoms with Crippen LogP contribution in [0.5, 0.6) is 0 Å². The molecule has 0 spiro atoms. The van der Waals surface area contributed by atoms with Crippen LogP contribution in [-0.4, -0.2) is 30.6 Å². The molecule has 18 heavy (non-hydrogen) atoms. The van der Waals surface area contributed by atoms with Gasteiger partial charge >= 0.3 is 6.03 Å². The van der Waals surface area contributed by atoms with Crippen molar-refractivity contribution in [3.05, 3.63) is 12.2 Å². The lowest BCUT2D eigenvalue weighted by atomic mass is 9.99. The van der Waals surface area contributed by atoms with Crippen molar-refractivity contribution < 1.29 is 4.79 Å². The van der Waals surface area contributed by atoms with E-state index in [9.17, 15) is 4.79 Å². The fraction of sp³-hybridized carbons (Fsp3) is 0.800. The summed E-state index contributed by atoms with van der Waals surface area (Å²) in [5.74, 6) is 0.609. The Bertz CT molecular complexity index is 251. The number of likely N-dealkylation sites (N-methyl/N-ethyl adjacent to an activating group) is 1. The van der Waals surface area contributed by atoms with Gasteiger partial charge in [0.15, 0.2) is 0 Å². The standard InChI is InChI=1S/C15H30N2O/c1-6-9-10-14(7-2)11-16-15(18)17(8-3)12-13(4)5/h14H,4,6-12H2,1-3,5H3,(H,16,18). The van der Waals surface area contributed by atoms with Crippen molar-refractivity contribution in [2.45, 2.75) is 53.4 Å². The third-order valence-electron chi connectivity index (χ3n) is 3.21. The summed E-state index contributed by atoms with van der Waals surface area (Å²) in [5, 5.41) is 3.04. The van der Waals surface area contributed by atoms with Gasteiger partial charge in [0.25, 0.3) is 0 Å². The number of amides is 2. The topological polar surface area (TPSA) is 32.3 Å². The summed E-state index contributed by atoms with van der Waals surface area (Å²) in [4.78, 5) is 13.8. The van der Waals surface area contributed by atoms with Gasteiger partial charge in [0.2, 0.25) is 0 Å². The normalized spacial score (nSPS) is 12.0.